The maximum absolute atomic E-state index is 5.95. The van der Waals surface area contributed by atoms with Crippen LogP contribution in [-0.4, -0.2) is 0 Å². The average Bonchev–Trinajstić information content (AvgIpc) is 2.98. The molecule has 0 heterocycles. The van der Waals surface area contributed by atoms with Crippen LogP contribution in [0.1, 0.15) is 27.7 Å². The van der Waals surface area contributed by atoms with Crippen molar-refractivity contribution in [1.82, 2.24) is 0 Å². The quantitative estimate of drug-likeness (QED) is 0.258. The topological polar surface area (TPSA) is 29.3 Å². The third kappa shape index (κ3) is 6.43. The minimum Gasteiger partial charge on any atom is -0.399 e. The number of hydrogen-bond donors (Lipinski definition) is 1. The molecule has 2 nitrogen and oxygen atoms in total. The van der Waals surface area contributed by atoms with Gasteiger partial charge in [0, 0.05) is 22.7 Å². The third-order valence-corrected chi connectivity index (χ3v) is 5.62. The number of nitrogens with zero attached hydrogens (tertiary/aromatic N) is 1. The van der Waals surface area contributed by atoms with Crippen LogP contribution in [0, 0.1) is 0 Å². The van der Waals surface area contributed by atoms with Crippen LogP contribution in [0.5, 0.6) is 0 Å². The van der Waals surface area contributed by atoms with Gasteiger partial charge in [0.05, 0.1) is 0 Å². The standard InChI is InChI=1S/C30H24N2.2C2H6/c31-27-15-21-30(22-16-27)32(28-17-11-25(12-18-28)23-7-3-1-4-8-23)29-19-13-26(14-20-29)24-9-5-2-6-10-24;2*1-2/h1-22H,31H2;2*1-2H3. The number of nitrogen functional groups attached to an aromatic ring is 1. The average molecular weight is 473 g/mol. The molecule has 0 amide bonds. The maximum atomic E-state index is 5.95. The molecule has 0 atom stereocenters. The van der Waals surface area contributed by atoms with E-state index in [0.717, 1.165) is 22.7 Å². The Labute approximate surface area is 216 Å². The van der Waals surface area contributed by atoms with Gasteiger partial charge in [-0.05, 0) is 70.8 Å². The van der Waals surface area contributed by atoms with Gasteiger partial charge in [0.25, 0.3) is 0 Å². The molecule has 0 bridgehead atoms. The summed E-state index contributed by atoms with van der Waals surface area (Å²) in [6.45, 7) is 8.00. The third-order valence-electron chi connectivity index (χ3n) is 5.62. The van der Waals surface area contributed by atoms with Gasteiger partial charge in [-0.15, -0.1) is 0 Å². The molecule has 5 aromatic carbocycles. The van der Waals surface area contributed by atoms with E-state index in [1.54, 1.807) is 0 Å². The van der Waals surface area contributed by atoms with E-state index in [1.807, 2.05) is 52.0 Å². The minimum atomic E-state index is 0.757. The van der Waals surface area contributed by atoms with E-state index >= 15 is 0 Å². The molecular formula is C34H36N2. The van der Waals surface area contributed by atoms with E-state index < -0.39 is 0 Å². The summed E-state index contributed by atoms with van der Waals surface area (Å²) in [4.78, 5) is 2.25. The fourth-order valence-corrected chi connectivity index (χ4v) is 3.94. The van der Waals surface area contributed by atoms with E-state index in [2.05, 4.69) is 114 Å². The first kappa shape index (κ1) is 26.3. The molecule has 2 heteroatoms. The Morgan fingerprint density at radius 1 is 0.361 bits per heavy atom. The van der Waals surface area contributed by atoms with Gasteiger partial charge in [0.2, 0.25) is 0 Å². The molecule has 0 aliphatic carbocycles. The fourth-order valence-electron chi connectivity index (χ4n) is 3.94. The number of rotatable bonds is 5. The Hall–Kier alpha value is -4.30. The molecule has 36 heavy (non-hydrogen) atoms. The maximum Gasteiger partial charge on any atom is 0.0463 e. The highest BCUT2D eigenvalue weighted by Gasteiger charge is 2.13. The van der Waals surface area contributed by atoms with Crippen molar-refractivity contribution in [2.75, 3.05) is 10.6 Å². The van der Waals surface area contributed by atoms with Gasteiger partial charge in [-0.2, -0.15) is 0 Å². The molecule has 0 aromatic heterocycles. The SMILES string of the molecule is CC.CC.Nc1ccc(N(c2ccc(-c3ccccc3)cc2)c2ccc(-c3ccccc3)cc2)cc1. The molecule has 5 aromatic rings. The summed E-state index contributed by atoms with van der Waals surface area (Å²) in [6.07, 6.45) is 0. The summed E-state index contributed by atoms with van der Waals surface area (Å²) in [6, 6.07) is 46.3. The number of benzene rings is 5. The van der Waals surface area contributed by atoms with E-state index in [0.29, 0.717) is 0 Å². The zero-order valence-corrected chi connectivity index (χ0v) is 21.7. The number of nitrogens with two attached hydrogens (primary N) is 1. The molecule has 0 fully saturated rings. The van der Waals surface area contributed by atoms with Gasteiger partial charge in [-0.1, -0.05) is 113 Å². The first-order valence-electron chi connectivity index (χ1n) is 12.7. The normalized spacial score (nSPS) is 9.78. The molecule has 0 saturated heterocycles. The van der Waals surface area contributed by atoms with E-state index in [4.69, 9.17) is 5.73 Å². The van der Waals surface area contributed by atoms with Crippen LogP contribution < -0.4 is 10.6 Å². The number of anilines is 4. The summed E-state index contributed by atoms with van der Waals surface area (Å²) in [5.74, 6) is 0. The van der Waals surface area contributed by atoms with E-state index in [1.165, 1.54) is 22.3 Å². The largest absolute Gasteiger partial charge is 0.399 e. The summed E-state index contributed by atoms with van der Waals surface area (Å²) in [7, 11) is 0. The molecular weight excluding hydrogens is 436 g/mol. The molecule has 182 valence electrons. The van der Waals surface area contributed by atoms with Crippen LogP contribution in [0.3, 0.4) is 0 Å². The second kappa shape index (κ2) is 13.6. The monoisotopic (exact) mass is 472 g/mol. The van der Waals surface area contributed by atoms with Crippen molar-refractivity contribution in [3.63, 3.8) is 0 Å². The van der Waals surface area contributed by atoms with E-state index in [-0.39, 0.29) is 0 Å². The predicted octanol–water partition coefficient (Wildman–Crippen LogP) is 10.1. The molecule has 0 radical (unpaired) electrons. The van der Waals surface area contributed by atoms with Gasteiger partial charge >= 0.3 is 0 Å². The first-order chi connectivity index (χ1) is 17.8. The van der Waals surface area contributed by atoms with Crippen LogP contribution in [0.15, 0.2) is 133 Å². The Balaban J connectivity index is 0.000000861. The van der Waals surface area contributed by atoms with Crippen LogP contribution >= 0.6 is 0 Å². The van der Waals surface area contributed by atoms with Gasteiger partial charge in [-0.3, -0.25) is 0 Å². The van der Waals surface area contributed by atoms with Crippen molar-refractivity contribution >= 4 is 22.7 Å². The highest BCUT2D eigenvalue weighted by atomic mass is 15.1. The zero-order chi connectivity index (χ0) is 25.8. The van der Waals surface area contributed by atoms with Crippen LogP contribution in [0.4, 0.5) is 22.7 Å². The summed E-state index contributed by atoms with van der Waals surface area (Å²) >= 11 is 0. The van der Waals surface area contributed by atoms with Crippen molar-refractivity contribution in [2.24, 2.45) is 0 Å². The van der Waals surface area contributed by atoms with Crippen molar-refractivity contribution in [1.29, 1.82) is 0 Å². The Bertz CT molecular complexity index is 1190. The van der Waals surface area contributed by atoms with Gasteiger partial charge in [-0.25, -0.2) is 0 Å². The molecule has 2 N–H and O–H groups in total. The first-order valence-corrected chi connectivity index (χ1v) is 12.7. The van der Waals surface area contributed by atoms with Gasteiger partial charge < -0.3 is 10.6 Å². The predicted molar refractivity (Wildman–Crippen MR) is 159 cm³/mol. The Morgan fingerprint density at radius 3 is 0.972 bits per heavy atom. The molecule has 5 rings (SSSR count). The summed E-state index contributed by atoms with van der Waals surface area (Å²) in [5.41, 5.74) is 14.8. The highest BCUT2D eigenvalue weighted by Crippen LogP contribution is 2.36. The smallest absolute Gasteiger partial charge is 0.0463 e. The Kier molecular flexibility index (Phi) is 9.90. The number of hydrogen-bond acceptors (Lipinski definition) is 2. The molecule has 0 aliphatic rings. The Morgan fingerprint density at radius 2 is 0.639 bits per heavy atom. The van der Waals surface area contributed by atoms with Crippen LogP contribution in [0.25, 0.3) is 22.3 Å². The summed E-state index contributed by atoms with van der Waals surface area (Å²) in [5, 5.41) is 0. The van der Waals surface area contributed by atoms with Crippen molar-refractivity contribution in [3.8, 4) is 22.3 Å². The lowest BCUT2D eigenvalue weighted by molar-refractivity contribution is 1.28. The van der Waals surface area contributed by atoms with Crippen molar-refractivity contribution < 1.29 is 0 Å². The molecule has 0 spiro atoms. The second-order valence-electron chi connectivity index (χ2n) is 7.75. The van der Waals surface area contributed by atoms with E-state index in [9.17, 15) is 0 Å². The second-order valence-corrected chi connectivity index (χ2v) is 7.75. The lowest BCUT2D eigenvalue weighted by Gasteiger charge is -2.26. The van der Waals surface area contributed by atoms with Gasteiger partial charge in [0.15, 0.2) is 0 Å². The van der Waals surface area contributed by atoms with Gasteiger partial charge in [0.1, 0.15) is 0 Å². The lowest BCUT2D eigenvalue weighted by Crippen LogP contribution is -2.09. The molecule has 0 saturated carbocycles. The highest BCUT2D eigenvalue weighted by molar-refractivity contribution is 5.80. The fraction of sp³-hybridized carbons (Fsp3) is 0.118. The van der Waals surface area contributed by atoms with Crippen LogP contribution in [0.2, 0.25) is 0 Å². The summed E-state index contributed by atoms with van der Waals surface area (Å²) < 4.78 is 0. The minimum absolute atomic E-state index is 0.757. The van der Waals surface area contributed by atoms with Crippen molar-refractivity contribution in [2.45, 2.75) is 27.7 Å². The van der Waals surface area contributed by atoms with Crippen molar-refractivity contribution in [3.05, 3.63) is 133 Å². The lowest BCUT2D eigenvalue weighted by atomic mass is 10.0. The molecule has 0 aliphatic heterocycles. The van der Waals surface area contributed by atoms with Crippen LogP contribution in [-0.2, 0) is 0 Å². The molecule has 0 unspecified atom stereocenters. The zero-order valence-electron chi connectivity index (χ0n) is 21.7.